The molecule has 0 aliphatic carbocycles. The Morgan fingerprint density at radius 2 is 1.70 bits per heavy atom. The van der Waals surface area contributed by atoms with Gasteiger partial charge in [0.15, 0.2) is 5.82 Å². The topological polar surface area (TPSA) is 109 Å². The van der Waals surface area contributed by atoms with Crippen molar-refractivity contribution in [1.82, 2.24) is 20.1 Å². The van der Waals surface area contributed by atoms with Crippen molar-refractivity contribution in [3.05, 3.63) is 117 Å². The van der Waals surface area contributed by atoms with E-state index >= 15 is 0 Å². The molecule has 37 heavy (non-hydrogen) atoms. The van der Waals surface area contributed by atoms with E-state index in [1.54, 1.807) is 18.5 Å². The zero-order chi connectivity index (χ0) is 26.5. The zero-order valence-electron chi connectivity index (χ0n) is 21.1. The SMILES string of the molecule is C=CC(=O)Nc1nn(Cc2ccc(-c3ccccc3)cc2)c(C)c1C(=O)NCc1c(C)cc(C)[nH]c1=O. The summed E-state index contributed by atoms with van der Waals surface area (Å²) in [4.78, 5) is 40.4. The molecule has 188 valence electrons. The number of pyridine rings is 1. The van der Waals surface area contributed by atoms with Crippen molar-refractivity contribution in [2.75, 3.05) is 5.32 Å². The van der Waals surface area contributed by atoms with Gasteiger partial charge in [-0.1, -0.05) is 61.2 Å². The number of hydrogen-bond acceptors (Lipinski definition) is 4. The van der Waals surface area contributed by atoms with E-state index in [9.17, 15) is 14.4 Å². The predicted octanol–water partition coefficient (Wildman–Crippen LogP) is 4.27. The molecule has 0 spiro atoms. The van der Waals surface area contributed by atoms with Gasteiger partial charge in [0.2, 0.25) is 5.91 Å². The van der Waals surface area contributed by atoms with Gasteiger partial charge < -0.3 is 15.6 Å². The van der Waals surface area contributed by atoms with Crippen molar-refractivity contribution in [1.29, 1.82) is 0 Å². The number of amides is 2. The lowest BCUT2D eigenvalue weighted by atomic mass is 10.0. The summed E-state index contributed by atoms with van der Waals surface area (Å²) in [6, 6.07) is 20.0. The van der Waals surface area contributed by atoms with Gasteiger partial charge in [-0.25, -0.2) is 0 Å². The summed E-state index contributed by atoms with van der Waals surface area (Å²) >= 11 is 0. The van der Waals surface area contributed by atoms with Crippen LogP contribution in [0.1, 0.15) is 38.4 Å². The second-order valence-electron chi connectivity index (χ2n) is 8.85. The highest BCUT2D eigenvalue weighted by atomic mass is 16.2. The van der Waals surface area contributed by atoms with Crippen LogP contribution in [0.15, 0.2) is 78.1 Å². The van der Waals surface area contributed by atoms with Crippen molar-refractivity contribution in [3.63, 3.8) is 0 Å². The number of aromatic amines is 1. The van der Waals surface area contributed by atoms with Crippen LogP contribution in [0, 0.1) is 20.8 Å². The van der Waals surface area contributed by atoms with Gasteiger partial charge in [0, 0.05) is 17.8 Å². The Kier molecular flexibility index (Phi) is 7.48. The lowest BCUT2D eigenvalue weighted by molar-refractivity contribution is -0.111. The van der Waals surface area contributed by atoms with Crippen LogP contribution in [0.5, 0.6) is 0 Å². The van der Waals surface area contributed by atoms with E-state index in [-0.39, 0.29) is 23.5 Å². The standard InChI is InChI=1S/C29H29N5O3/c1-5-25(35)32-27-26(29(37)30-16-24-18(2)15-19(3)31-28(24)36)20(4)34(33-27)17-21-11-13-23(14-12-21)22-9-7-6-8-10-22/h5-15H,1,16-17H2,2-4H3,(H,30,37)(H,31,36)(H,32,33,35). The number of carbonyl (C=O) groups excluding carboxylic acids is 2. The largest absolute Gasteiger partial charge is 0.348 e. The quantitative estimate of drug-likeness (QED) is 0.317. The van der Waals surface area contributed by atoms with E-state index in [1.165, 1.54) is 0 Å². The molecule has 0 atom stereocenters. The Labute approximate surface area is 215 Å². The van der Waals surface area contributed by atoms with E-state index in [0.717, 1.165) is 34.0 Å². The summed E-state index contributed by atoms with van der Waals surface area (Å²) in [5.74, 6) is -0.783. The fraction of sp³-hybridized carbons (Fsp3) is 0.172. The number of anilines is 1. The molecule has 2 aromatic heterocycles. The molecule has 8 heteroatoms. The molecule has 4 rings (SSSR count). The lowest BCUT2D eigenvalue weighted by Gasteiger charge is -2.09. The first-order chi connectivity index (χ1) is 17.8. The van der Waals surface area contributed by atoms with Crippen LogP contribution in [0.3, 0.4) is 0 Å². The molecular weight excluding hydrogens is 466 g/mol. The molecular formula is C29H29N5O3. The van der Waals surface area contributed by atoms with Gasteiger partial charge in [-0.2, -0.15) is 5.10 Å². The first-order valence-corrected chi connectivity index (χ1v) is 11.9. The maximum atomic E-state index is 13.2. The third-order valence-corrected chi connectivity index (χ3v) is 6.17. The third-order valence-electron chi connectivity index (χ3n) is 6.17. The van der Waals surface area contributed by atoms with Gasteiger partial charge in [-0.05, 0) is 55.2 Å². The average molecular weight is 496 g/mol. The Morgan fingerprint density at radius 3 is 2.35 bits per heavy atom. The summed E-state index contributed by atoms with van der Waals surface area (Å²) < 4.78 is 1.68. The van der Waals surface area contributed by atoms with E-state index in [1.807, 2.05) is 55.5 Å². The van der Waals surface area contributed by atoms with Gasteiger partial charge in [0.1, 0.15) is 5.56 Å². The summed E-state index contributed by atoms with van der Waals surface area (Å²) in [7, 11) is 0. The minimum absolute atomic E-state index is 0.0424. The second-order valence-corrected chi connectivity index (χ2v) is 8.85. The van der Waals surface area contributed by atoms with Crippen LogP contribution in [0.25, 0.3) is 11.1 Å². The summed E-state index contributed by atoms with van der Waals surface area (Å²) in [6.07, 6.45) is 1.12. The predicted molar refractivity (Wildman–Crippen MR) is 144 cm³/mol. The average Bonchev–Trinajstić information content (AvgIpc) is 3.18. The second kappa shape index (κ2) is 10.9. The number of benzene rings is 2. The molecule has 0 unspecified atom stereocenters. The van der Waals surface area contributed by atoms with Gasteiger partial charge >= 0.3 is 0 Å². The monoisotopic (exact) mass is 495 g/mol. The van der Waals surface area contributed by atoms with E-state index in [2.05, 4.69) is 39.4 Å². The highest BCUT2D eigenvalue weighted by molar-refractivity contribution is 6.06. The highest BCUT2D eigenvalue weighted by Crippen LogP contribution is 2.23. The van der Waals surface area contributed by atoms with Gasteiger partial charge in [-0.3, -0.25) is 19.1 Å². The van der Waals surface area contributed by atoms with Crippen LogP contribution < -0.4 is 16.2 Å². The molecule has 3 N–H and O–H groups in total. The molecule has 2 heterocycles. The Bertz CT molecular complexity index is 1520. The molecule has 2 amide bonds. The zero-order valence-corrected chi connectivity index (χ0v) is 21.1. The van der Waals surface area contributed by atoms with Crippen molar-refractivity contribution in [3.8, 4) is 11.1 Å². The number of nitrogens with zero attached hydrogens (tertiary/aromatic N) is 2. The number of hydrogen-bond donors (Lipinski definition) is 3. The van der Waals surface area contributed by atoms with Crippen LogP contribution in [-0.2, 0) is 17.9 Å². The fourth-order valence-corrected chi connectivity index (χ4v) is 4.19. The molecule has 2 aromatic carbocycles. The van der Waals surface area contributed by atoms with Crippen molar-refractivity contribution in [2.24, 2.45) is 0 Å². The van der Waals surface area contributed by atoms with Crippen LogP contribution in [-0.4, -0.2) is 26.6 Å². The van der Waals surface area contributed by atoms with Gasteiger partial charge in [0.05, 0.1) is 12.2 Å². The van der Waals surface area contributed by atoms with Crippen LogP contribution in [0.2, 0.25) is 0 Å². The number of aryl methyl sites for hydroxylation is 2. The van der Waals surface area contributed by atoms with Crippen molar-refractivity contribution in [2.45, 2.75) is 33.9 Å². The normalized spacial score (nSPS) is 10.7. The van der Waals surface area contributed by atoms with E-state index in [0.29, 0.717) is 17.8 Å². The maximum Gasteiger partial charge on any atom is 0.257 e. The Balaban J connectivity index is 1.59. The summed E-state index contributed by atoms with van der Waals surface area (Å²) in [6.45, 7) is 9.33. The van der Waals surface area contributed by atoms with E-state index in [4.69, 9.17) is 0 Å². The lowest BCUT2D eigenvalue weighted by Crippen LogP contribution is -2.29. The smallest absolute Gasteiger partial charge is 0.257 e. The minimum Gasteiger partial charge on any atom is -0.348 e. The number of H-pyrrole nitrogens is 1. The summed E-state index contributed by atoms with van der Waals surface area (Å²) in [5.41, 5.74) is 5.79. The molecule has 0 fully saturated rings. The molecule has 0 aliphatic rings. The first kappa shape index (κ1) is 25.4. The van der Waals surface area contributed by atoms with Crippen molar-refractivity contribution >= 4 is 17.6 Å². The molecule has 0 bridgehead atoms. The number of carbonyl (C=O) groups is 2. The number of nitrogens with one attached hydrogen (secondary N) is 3. The van der Waals surface area contributed by atoms with E-state index < -0.39 is 11.8 Å². The number of aromatic nitrogens is 3. The van der Waals surface area contributed by atoms with Crippen LogP contribution >= 0.6 is 0 Å². The molecule has 0 saturated heterocycles. The highest BCUT2D eigenvalue weighted by Gasteiger charge is 2.23. The summed E-state index contributed by atoms with van der Waals surface area (Å²) in [5, 5.41) is 9.94. The molecule has 0 saturated carbocycles. The number of rotatable bonds is 8. The van der Waals surface area contributed by atoms with Crippen molar-refractivity contribution < 1.29 is 9.59 Å². The molecule has 4 aromatic rings. The first-order valence-electron chi connectivity index (χ1n) is 11.9. The fourth-order valence-electron chi connectivity index (χ4n) is 4.19. The Hall–Kier alpha value is -4.72. The molecule has 0 radical (unpaired) electrons. The third kappa shape index (κ3) is 5.75. The Morgan fingerprint density at radius 1 is 1.03 bits per heavy atom. The van der Waals surface area contributed by atoms with Gasteiger partial charge in [-0.15, -0.1) is 0 Å². The molecule has 0 aliphatic heterocycles. The molecule has 8 nitrogen and oxygen atoms in total. The van der Waals surface area contributed by atoms with Crippen LogP contribution in [0.4, 0.5) is 5.82 Å². The van der Waals surface area contributed by atoms with Gasteiger partial charge in [0.25, 0.3) is 11.5 Å². The maximum absolute atomic E-state index is 13.2. The minimum atomic E-state index is -0.475.